The molecular weight excluding hydrogens is 321 g/mol. The lowest BCUT2D eigenvalue weighted by molar-refractivity contribution is -0.0440. The molecule has 2 atom stereocenters. The Morgan fingerprint density at radius 3 is 2.25 bits per heavy atom. The van der Waals surface area contributed by atoms with Gasteiger partial charge in [0.05, 0.1) is 17.2 Å². The number of halogens is 2. The van der Waals surface area contributed by atoms with E-state index in [0.717, 1.165) is 0 Å². The highest BCUT2D eigenvalue weighted by Crippen LogP contribution is 2.31. The number of hydrogen-bond acceptors (Lipinski definition) is 3. The van der Waals surface area contributed by atoms with E-state index in [9.17, 15) is 8.42 Å². The molecule has 1 aliphatic heterocycles. The predicted octanol–water partition coefficient (Wildman–Crippen LogP) is 3.10. The molecule has 0 unspecified atom stereocenters. The van der Waals surface area contributed by atoms with Crippen molar-refractivity contribution in [2.24, 2.45) is 0 Å². The van der Waals surface area contributed by atoms with Crippen LogP contribution < -0.4 is 0 Å². The zero-order valence-corrected chi connectivity index (χ0v) is 13.9. The molecule has 1 aromatic carbocycles. The van der Waals surface area contributed by atoms with Gasteiger partial charge in [-0.2, -0.15) is 4.31 Å². The molecule has 20 heavy (non-hydrogen) atoms. The maximum atomic E-state index is 12.7. The number of nitrogens with zero attached hydrogens (tertiary/aromatic N) is 1. The monoisotopic (exact) mass is 337 g/mol. The average molecular weight is 338 g/mol. The van der Waals surface area contributed by atoms with Gasteiger partial charge in [0, 0.05) is 18.1 Å². The van der Waals surface area contributed by atoms with E-state index in [1.807, 2.05) is 13.8 Å². The molecule has 0 N–H and O–H groups in total. The summed E-state index contributed by atoms with van der Waals surface area (Å²) in [6.07, 6.45) is -0.276. The summed E-state index contributed by atoms with van der Waals surface area (Å²) in [6.45, 7) is 6.11. The number of ether oxygens (including phenoxy) is 1. The third-order valence-electron chi connectivity index (χ3n) is 3.22. The molecule has 0 bridgehead atoms. The first-order valence-corrected chi connectivity index (χ1v) is 8.52. The van der Waals surface area contributed by atoms with Crippen LogP contribution in [0.3, 0.4) is 0 Å². The second-order valence-corrected chi connectivity index (χ2v) is 7.83. The van der Waals surface area contributed by atoms with Gasteiger partial charge in [0.1, 0.15) is 4.90 Å². The van der Waals surface area contributed by atoms with Crippen LogP contribution in [0.4, 0.5) is 0 Å². The zero-order valence-electron chi connectivity index (χ0n) is 11.6. The molecule has 0 saturated carbocycles. The molecule has 1 saturated heterocycles. The summed E-state index contributed by atoms with van der Waals surface area (Å²) < 4.78 is 32.4. The van der Waals surface area contributed by atoms with E-state index in [1.54, 1.807) is 6.92 Å². The summed E-state index contributed by atoms with van der Waals surface area (Å²) in [5, 5.41) is 0.602. The van der Waals surface area contributed by atoms with E-state index in [0.29, 0.717) is 23.7 Å². The molecule has 0 amide bonds. The summed E-state index contributed by atoms with van der Waals surface area (Å²) in [5.41, 5.74) is 0.684. The highest BCUT2D eigenvalue weighted by Gasteiger charge is 2.33. The van der Waals surface area contributed by atoms with Crippen LogP contribution in [0.25, 0.3) is 0 Å². The van der Waals surface area contributed by atoms with Crippen molar-refractivity contribution >= 4 is 33.2 Å². The van der Waals surface area contributed by atoms with E-state index < -0.39 is 10.0 Å². The van der Waals surface area contributed by atoms with E-state index in [1.165, 1.54) is 16.4 Å². The molecule has 0 aliphatic carbocycles. The lowest BCUT2D eigenvalue weighted by atomic mass is 10.2. The van der Waals surface area contributed by atoms with Crippen molar-refractivity contribution in [3.05, 3.63) is 27.7 Å². The fourth-order valence-corrected chi connectivity index (χ4v) is 4.69. The molecule has 1 heterocycles. The molecule has 0 radical (unpaired) electrons. The van der Waals surface area contributed by atoms with Crippen LogP contribution in [0.2, 0.25) is 10.0 Å². The molecule has 7 heteroatoms. The van der Waals surface area contributed by atoms with E-state index in [-0.39, 0.29) is 22.1 Å². The Balaban J connectivity index is 2.42. The minimum atomic E-state index is -3.64. The van der Waals surface area contributed by atoms with E-state index in [2.05, 4.69) is 0 Å². The first kappa shape index (κ1) is 16.0. The van der Waals surface area contributed by atoms with Gasteiger partial charge in [-0.05, 0) is 38.5 Å². The van der Waals surface area contributed by atoms with Crippen molar-refractivity contribution in [3.63, 3.8) is 0 Å². The Bertz CT molecular complexity index is 608. The maximum absolute atomic E-state index is 12.7. The van der Waals surface area contributed by atoms with E-state index in [4.69, 9.17) is 27.9 Å². The first-order chi connectivity index (χ1) is 9.21. The fourth-order valence-electron chi connectivity index (χ4n) is 2.29. The van der Waals surface area contributed by atoms with Gasteiger partial charge in [-0.1, -0.05) is 23.2 Å². The smallest absolute Gasteiger partial charge is 0.244 e. The van der Waals surface area contributed by atoms with Crippen molar-refractivity contribution in [1.29, 1.82) is 0 Å². The maximum Gasteiger partial charge on any atom is 0.244 e. The molecule has 1 fully saturated rings. The Hall–Kier alpha value is -0.330. The SMILES string of the molecule is Cc1cc(S(=O)(=O)N2C[C@@H](C)O[C@@H](C)C2)c(Cl)cc1Cl. The summed E-state index contributed by atoms with van der Waals surface area (Å²) in [6, 6.07) is 2.99. The number of rotatable bonds is 2. The topological polar surface area (TPSA) is 46.6 Å². The first-order valence-electron chi connectivity index (χ1n) is 6.33. The number of morpholine rings is 1. The molecule has 112 valence electrons. The van der Waals surface area contributed by atoms with Crippen LogP contribution in [-0.2, 0) is 14.8 Å². The summed E-state index contributed by atoms with van der Waals surface area (Å²) in [7, 11) is -3.64. The van der Waals surface area contributed by atoms with Crippen LogP contribution in [0.5, 0.6) is 0 Å². The molecule has 2 rings (SSSR count). The Morgan fingerprint density at radius 1 is 1.15 bits per heavy atom. The fraction of sp³-hybridized carbons (Fsp3) is 0.538. The van der Waals surface area contributed by atoms with Gasteiger partial charge >= 0.3 is 0 Å². The summed E-state index contributed by atoms with van der Waals surface area (Å²) in [4.78, 5) is 0.0994. The molecule has 0 spiro atoms. The predicted molar refractivity (Wildman–Crippen MR) is 80.0 cm³/mol. The molecule has 4 nitrogen and oxygen atoms in total. The number of aryl methyl sites for hydroxylation is 1. The molecule has 1 aliphatic rings. The zero-order chi connectivity index (χ0) is 15.1. The number of benzene rings is 1. The number of hydrogen-bond donors (Lipinski definition) is 0. The Morgan fingerprint density at radius 2 is 1.70 bits per heavy atom. The van der Waals surface area contributed by atoms with Crippen LogP contribution in [0, 0.1) is 6.92 Å². The highest BCUT2D eigenvalue weighted by molar-refractivity contribution is 7.89. The second-order valence-electron chi connectivity index (χ2n) is 5.11. The summed E-state index contributed by atoms with van der Waals surface area (Å²) in [5.74, 6) is 0. The minimum Gasteiger partial charge on any atom is -0.373 e. The Kier molecular flexibility index (Phi) is 4.66. The van der Waals surface area contributed by atoms with Crippen molar-refractivity contribution < 1.29 is 13.2 Å². The van der Waals surface area contributed by atoms with Gasteiger partial charge in [0.2, 0.25) is 10.0 Å². The highest BCUT2D eigenvalue weighted by atomic mass is 35.5. The minimum absolute atomic E-state index is 0.0994. The van der Waals surface area contributed by atoms with Gasteiger partial charge < -0.3 is 4.74 Å². The summed E-state index contributed by atoms with van der Waals surface area (Å²) >= 11 is 12.0. The third-order valence-corrected chi connectivity index (χ3v) is 5.92. The van der Waals surface area contributed by atoms with Crippen molar-refractivity contribution in [2.75, 3.05) is 13.1 Å². The van der Waals surface area contributed by atoms with E-state index >= 15 is 0 Å². The van der Waals surface area contributed by atoms with Gasteiger partial charge in [0.15, 0.2) is 0 Å². The van der Waals surface area contributed by atoms with Crippen LogP contribution in [-0.4, -0.2) is 38.0 Å². The molecular formula is C13H17Cl2NO3S. The van der Waals surface area contributed by atoms with Crippen molar-refractivity contribution in [1.82, 2.24) is 4.31 Å². The standard InChI is InChI=1S/C13H17Cl2NO3S/c1-8-4-13(12(15)5-11(8)14)20(17,18)16-6-9(2)19-10(3)7-16/h4-5,9-10H,6-7H2,1-3H3/t9-,10+. The van der Waals surface area contributed by atoms with Crippen molar-refractivity contribution in [2.45, 2.75) is 37.9 Å². The quantitative estimate of drug-likeness (QED) is 0.832. The van der Waals surface area contributed by atoms with Gasteiger partial charge in [-0.3, -0.25) is 0 Å². The van der Waals surface area contributed by atoms with Crippen LogP contribution >= 0.6 is 23.2 Å². The van der Waals surface area contributed by atoms with Crippen molar-refractivity contribution in [3.8, 4) is 0 Å². The van der Waals surface area contributed by atoms with Gasteiger partial charge in [-0.15, -0.1) is 0 Å². The lowest BCUT2D eigenvalue weighted by Crippen LogP contribution is -2.48. The second kappa shape index (κ2) is 5.81. The van der Waals surface area contributed by atoms with Gasteiger partial charge in [-0.25, -0.2) is 8.42 Å². The largest absolute Gasteiger partial charge is 0.373 e. The lowest BCUT2D eigenvalue weighted by Gasteiger charge is -2.34. The van der Waals surface area contributed by atoms with Crippen LogP contribution in [0.1, 0.15) is 19.4 Å². The van der Waals surface area contributed by atoms with Crippen LogP contribution in [0.15, 0.2) is 17.0 Å². The number of sulfonamides is 1. The molecule has 0 aromatic heterocycles. The molecule has 1 aromatic rings. The average Bonchev–Trinajstić information content (AvgIpc) is 2.32. The normalized spacial score (nSPS) is 24.9. The Labute approximate surface area is 129 Å². The third kappa shape index (κ3) is 3.12. The van der Waals surface area contributed by atoms with Gasteiger partial charge in [0.25, 0.3) is 0 Å².